The minimum Gasteiger partial charge on any atom is -0.494 e. The molecule has 7 heteroatoms. The lowest BCUT2D eigenvalue weighted by molar-refractivity contribution is 0.0320. The number of benzene rings is 1. The fourth-order valence-corrected chi connectivity index (χ4v) is 3.00. The maximum absolute atomic E-state index is 5.69. The number of morpholine rings is 1. The quantitative estimate of drug-likeness (QED) is 0.317. The summed E-state index contributed by atoms with van der Waals surface area (Å²) >= 11 is 0. The smallest absolute Gasteiger partial charge is 0.191 e. The Bertz CT molecular complexity index is 551. The van der Waals surface area contributed by atoms with Gasteiger partial charge >= 0.3 is 0 Å². The predicted molar refractivity (Wildman–Crippen MR) is 122 cm³/mol. The first kappa shape index (κ1) is 24.0. The molecule has 0 bridgehead atoms. The number of nitrogens with zero attached hydrogens (tertiary/aromatic N) is 2. The zero-order chi connectivity index (χ0) is 18.6. The van der Waals surface area contributed by atoms with E-state index in [1.54, 1.807) is 0 Å². The van der Waals surface area contributed by atoms with E-state index in [4.69, 9.17) is 14.5 Å². The summed E-state index contributed by atoms with van der Waals surface area (Å²) in [6.45, 7) is 14.2. The van der Waals surface area contributed by atoms with Crippen molar-refractivity contribution < 1.29 is 9.47 Å². The number of ether oxygens (including phenoxy) is 2. The van der Waals surface area contributed by atoms with Gasteiger partial charge in [0.25, 0.3) is 0 Å². The van der Waals surface area contributed by atoms with Crippen LogP contribution in [0.2, 0.25) is 0 Å². The van der Waals surface area contributed by atoms with Gasteiger partial charge in [-0.2, -0.15) is 0 Å². The Balaban J connectivity index is 0.00000364. The summed E-state index contributed by atoms with van der Waals surface area (Å²) in [6, 6.07) is 8.09. The third kappa shape index (κ3) is 9.12. The fraction of sp³-hybridized carbons (Fsp3) is 0.650. The number of hydrogen-bond donors (Lipinski definition) is 2. The van der Waals surface area contributed by atoms with Crippen LogP contribution in [-0.4, -0.2) is 63.4 Å². The van der Waals surface area contributed by atoms with Crippen molar-refractivity contribution in [2.24, 2.45) is 10.9 Å². The van der Waals surface area contributed by atoms with Crippen LogP contribution in [0.3, 0.4) is 0 Å². The summed E-state index contributed by atoms with van der Waals surface area (Å²) in [5, 5.41) is 6.80. The van der Waals surface area contributed by atoms with Gasteiger partial charge in [0.1, 0.15) is 5.75 Å². The second-order valence-corrected chi connectivity index (χ2v) is 6.63. The number of aliphatic imine (C=N–C) groups is 1. The second-order valence-electron chi connectivity index (χ2n) is 6.63. The second kappa shape index (κ2) is 14.0. The summed E-state index contributed by atoms with van der Waals surface area (Å²) in [6.07, 6.45) is 0. The van der Waals surface area contributed by atoms with Gasteiger partial charge < -0.3 is 20.1 Å². The van der Waals surface area contributed by atoms with Gasteiger partial charge in [0.15, 0.2) is 5.96 Å². The van der Waals surface area contributed by atoms with E-state index >= 15 is 0 Å². The fourth-order valence-electron chi connectivity index (χ4n) is 3.00. The number of halogens is 1. The van der Waals surface area contributed by atoms with Crippen molar-refractivity contribution in [3.63, 3.8) is 0 Å². The lowest BCUT2D eigenvalue weighted by Crippen LogP contribution is -2.44. The molecular formula is C20H35IN4O2. The first-order valence-corrected chi connectivity index (χ1v) is 9.75. The Morgan fingerprint density at radius 1 is 1.22 bits per heavy atom. The SMILES string of the molecule is CCNC(=NCc1ccccc1OCC)NCC(C)CN1CCOCC1.I. The molecule has 2 rings (SSSR count). The van der Waals surface area contributed by atoms with Crippen molar-refractivity contribution in [1.82, 2.24) is 15.5 Å². The monoisotopic (exact) mass is 490 g/mol. The molecule has 1 heterocycles. The lowest BCUT2D eigenvalue weighted by atomic mass is 10.1. The van der Waals surface area contributed by atoms with Crippen LogP contribution in [0, 0.1) is 5.92 Å². The third-order valence-electron chi connectivity index (χ3n) is 4.32. The molecule has 0 aromatic heterocycles. The highest BCUT2D eigenvalue weighted by molar-refractivity contribution is 14.0. The molecule has 0 radical (unpaired) electrons. The van der Waals surface area contributed by atoms with Gasteiger partial charge in [0.05, 0.1) is 26.4 Å². The van der Waals surface area contributed by atoms with Crippen LogP contribution in [0.25, 0.3) is 0 Å². The van der Waals surface area contributed by atoms with Crippen molar-refractivity contribution in [3.05, 3.63) is 29.8 Å². The third-order valence-corrected chi connectivity index (χ3v) is 4.32. The standard InChI is InChI=1S/C20H34N4O2.HI/c1-4-21-20(22-14-17(3)16-24-10-12-25-13-11-24)23-15-18-8-6-7-9-19(18)26-5-2;/h6-9,17H,4-5,10-16H2,1-3H3,(H2,21,22,23);1H. The molecule has 6 nitrogen and oxygen atoms in total. The van der Waals surface area contributed by atoms with Crippen molar-refractivity contribution in [2.45, 2.75) is 27.3 Å². The summed E-state index contributed by atoms with van der Waals surface area (Å²) in [4.78, 5) is 7.20. The van der Waals surface area contributed by atoms with Crippen LogP contribution in [0.15, 0.2) is 29.3 Å². The first-order chi connectivity index (χ1) is 12.7. The Morgan fingerprint density at radius 3 is 2.67 bits per heavy atom. The van der Waals surface area contributed by atoms with Gasteiger partial charge in [0.2, 0.25) is 0 Å². The molecular weight excluding hydrogens is 455 g/mol. The highest BCUT2D eigenvalue weighted by Gasteiger charge is 2.14. The molecule has 1 fully saturated rings. The van der Waals surface area contributed by atoms with E-state index in [-0.39, 0.29) is 24.0 Å². The Hall–Kier alpha value is -1.06. The number of rotatable bonds is 9. The summed E-state index contributed by atoms with van der Waals surface area (Å²) in [7, 11) is 0. The molecule has 1 aliphatic heterocycles. The van der Waals surface area contributed by atoms with Crippen LogP contribution in [0.4, 0.5) is 0 Å². The molecule has 1 aliphatic rings. The summed E-state index contributed by atoms with van der Waals surface area (Å²) < 4.78 is 11.1. The maximum Gasteiger partial charge on any atom is 0.191 e. The zero-order valence-corrected chi connectivity index (χ0v) is 19.2. The van der Waals surface area contributed by atoms with Crippen molar-refractivity contribution >= 4 is 29.9 Å². The van der Waals surface area contributed by atoms with E-state index in [1.165, 1.54) is 0 Å². The van der Waals surface area contributed by atoms with E-state index in [1.807, 2.05) is 25.1 Å². The van der Waals surface area contributed by atoms with Crippen LogP contribution >= 0.6 is 24.0 Å². The molecule has 2 N–H and O–H groups in total. The minimum atomic E-state index is 0. The highest BCUT2D eigenvalue weighted by Crippen LogP contribution is 2.18. The lowest BCUT2D eigenvalue weighted by Gasteiger charge is -2.29. The number of para-hydroxylation sites is 1. The van der Waals surface area contributed by atoms with Crippen molar-refractivity contribution in [2.75, 3.05) is 52.5 Å². The van der Waals surface area contributed by atoms with Crippen LogP contribution in [-0.2, 0) is 11.3 Å². The maximum atomic E-state index is 5.69. The summed E-state index contributed by atoms with van der Waals surface area (Å²) in [5.41, 5.74) is 1.10. The van der Waals surface area contributed by atoms with E-state index < -0.39 is 0 Å². The van der Waals surface area contributed by atoms with E-state index in [9.17, 15) is 0 Å². The van der Waals surface area contributed by atoms with Crippen LogP contribution in [0.1, 0.15) is 26.3 Å². The minimum absolute atomic E-state index is 0. The molecule has 0 spiro atoms. The van der Waals surface area contributed by atoms with Gasteiger partial charge in [-0.25, -0.2) is 4.99 Å². The van der Waals surface area contributed by atoms with Gasteiger partial charge in [-0.1, -0.05) is 25.1 Å². The number of hydrogen-bond acceptors (Lipinski definition) is 4. The van der Waals surface area contributed by atoms with E-state index in [2.05, 4.69) is 35.4 Å². The van der Waals surface area contributed by atoms with Gasteiger partial charge in [-0.15, -0.1) is 24.0 Å². The Kier molecular flexibility index (Phi) is 12.4. The number of nitrogens with one attached hydrogen (secondary N) is 2. The molecule has 1 aromatic carbocycles. The zero-order valence-electron chi connectivity index (χ0n) is 16.9. The molecule has 1 unspecified atom stereocenters. The average molecular weight is 490 g/mol. The molecule has 1 atom stereocenters. The molecule has 154 valence electrons. The Labute approximate surface area is 181 Å². The molecule has 27 heavy (non-hydrogen) atoms. The number of guanidine groups is 1. The molecule has 0 amide bonds. The topological polar surface area (TPSA) is 58.1 Å². The molecule has 1 aromatic rings. The van der Waals surface area contributed by atoms with Crippen molar-refractivity contribution in [3.8, 4) is 5.75 Å². The van der Waals surface area contributed by atoms with Crippen LogP contribution in [0.5, 0.6) is 5.75 Å². The first-order valence-electron chi connectivity index (χ1n) is 9.75. The normalized spacial score (nSPS) is 16.3. The Morgan fingerprint density at radius 2 is 1.96 bits per heavy atom. The summed E-state index contributed by atoms with van der Waals surface area (Å²) in [5.74, 6) is 2.32. The largest absolute Gasteiger partial charge is 0.494 e. The van der Waals surface area contributed by atoms with Gasteiger partial charge in [-0.3, -0.25) is 4.90 Å². The van der Waals surface area contributed by atoms with Crippen molar-refractivity contribution in [1.29, 1.82) is 0 Å². The van der Waals surface area contributed by atoms with Gasteiger partial charge in [-0.05, 0) is 25.8 Å². The predicted octanol–water partition coefficient (Wildman–Crippen LogP) is 2.73. The molecule has 0 saturated carbocycles. The van der Waals surface area contributed by atoms with Gasteiger partial charge in [0, 0.05) is 38.3 Å². The van der Waals surface area contributed by atoms with E-state index in [0.717, 1.165) is 63.2 Å². The highest BCUT2D eigenvalue weighted by atomic mass is 127. The van der Waals surface area contributed by atoms with Crippen LogP contribution < -0.4 is 15.4 Å². The molecule has 1 saturated heterocycles. The average Bonchev–Trinajstić information content (AvgIpc) is 2.66. The van der Waals surface area contributed by atoms with E-state index in [0.29, 0.717) is 19.1 Å². The molecule has 0 aliphatic carbocycles.